The van der Waals surface area contributed by atoms with Gasteiger partial charge in [-0.15, -0.1) is 0 Å². The topological polar surface area (TPSA) is 88.0 Å². The Labute approximate surface area is 155 Å². The van der Waals surface area contributed by atoms with Crippen LogP contribution in [0.1, 0.15) is 17.5 Å². The molecule has 0 aromatic heterocycles. The molecule has 2 rings (SSSR count). The molecule has 0 radical (unpaired) electrons. The van der Waals surface area contributed by atoms with Crippen LogP contribution in [0.5, 0.6) is 0 Å². The molecule has 1 unspecified atom stereocenters. The van der Waals surface area contributed by atoms with Crippen molar-refractivity contribution in [3.8, 4) is 0 Å². The van der Waals surface area contributed by atoms with Crippen molar-refractivity contribution in [2.24, 2.45) is 0 Å². The highest BCUT2D eigenvalue weighted by Crippen LogP contribution is 2.19. The van der Waals surface area contributed by atoms with Crippen molar-refractivity contribution in [1.29, 1.82) is 0 Å². The predicted molar refractivity (Wildman–Crippen MR) is 101 cm³/mol. The number of amides is 2. The molecular weight excluding hydrogens is 354 g/mol. The number of likely N-dealkylation sites (N-methyl/N-ethyl adjacent to an activating group) is 2. The van der Waals surface area contributed by atoms with Crippen LogP contribution in [0.25, 0.3) is 0 Å². The number of nitrogens with one attached hydrogen (secondary N) is 2. The Kier molecular flexibility index (Phi) is 6.41. The molecule has 1 aromatic carbocycles. The van der Waals surface area contributed by atoms with E-state index in [9.17, 15) is 18.0 Å². The van der Waals surface area contributed by atoms with Gasteiger partial charge in [-0.25, -0.2) is 8.42 Å². The molecule has 1 heterocycles. The van der Waals surface area contributed by atoms with Crippen molar-refractivity contribution in [3.63, 3.8) is 0 Å². The van der Waals surface area contributed by atoms with Crippen LogP contribution in [-0.2, 0) is 19.4 Å². The fraction of sp³-hybridized carbons (Fsp3) is 0.556. The minimum atomic E-state index is -3.03. The number of aryl methyl sites for hydroxylation is 2. The number of anilines is 1. The summed E-state index contributed by atoms with van der Waals surface area (Å²) in [6.45, 7) is 4.18. The number of hydrogen-bond donors (Lipinski definition) is 2. The zero-order valence-corrected chi connectivity index (χ0v) is 16.6. The Balaban J connectivity index is 1.86. The summed E-state index contributed by atoms with van der Waals surface area (Å²) in [5.74, 6) is -0.138. The Morgan fingerprint density at radius 2 is 1.85 bits per heavy atom. The second kappa shape index (κ2) is 8.18. The Morgan fingerprint density at radius 1 is 1.23 bits per heavy atom. The molecule has 1 aliphatic heterocycles. The molecular formula is C18H28N3O4S+. The zero-order valence-electron chi connectivity index (χ0n) is 15.8. The summed E-state index contributed by atoms with van der Waals surface area (Å²) in [7, 11) is 0.387. The average Bonchev–Trinajstić information content (AvgIpc) is 2.90. The van der Waals surface area contributed by atoms with Crippen LogP contribution in [0, 0.1) is 13.8 Å². The third kappa shape index (κ3) is 5.28. The highest BCUT2D eigenvalue weighted by atomic mass is 32.2. The maximum atomic E-state index is 12.4. The van der Waals surface area contributed by atoms with Gasteiger partial charge in [0.05, 0.1) is 18.6 Å². The van der Waals surface area contributed by atoms with Gasteiger partial charge in [0.25, 0.3) is 11.8 Å². The van der Waals surface area contributed by atoms with Gasteiger partial charge in [-0.05, 0) is 31.4 Å². The molecule has 2 atom stereocenters. The fourth-order valence-electron chi connectivity index (χ4n) is 3.20. The number of carbonyl (C=O) groups is 2. The summed E-state index contributed by atoms with van der Waals surface area (Å²) in [4.78, 5) is 26.9. The van der Waals surface area contributed by atoms with E-state index in [0.29, 0.717) is 6.42 Å². The normalized spacial score (nSPS) is 19.8. The van der Waals surface area contributed by atoms with Crippen LogP contribution >= 0.6 is 0 Å². The lowest BCUT2D eigenvalue weighted by Crippen LogP contribution is -3.11. The maximum absolute atomic E-state index is 12.4. The summed E-state index contributed by atoms with van der Waals surface area (Å²) in [5.41, 5.74) is 2.80. The van der Waals surface area contributed by atoms with E-state index in [0.717, 1.165) is 21.7 Å². The molecule has 8 heteroatoms. The van der Waals surface area contributed by atoms with Crippen LogP contribution in [0.15, 0.2) is 18.2 Å². The molecule has 0 aliphatic carbocycles. The molecule has 2 amide bonds. The van der Waals surface area contributed by atoms with Crippen molar-refractivity contribution in [3.05, 3.63) is 29.3 Å². The van der Waals surface area contributed by atoms with E-state index in [1.54, 1.807) is 14.1 Å². The number of hydrogen-bond acceptors (Lipinski definition) is 4. The van der Waals surface area contributed by atoms with Gasteiger partial charge in [-0.1, -0.05) is 18.2 Å². The summed E-state index contributed by atoms with van der Waals surface area (Å²) >= 11 is 0. The summed E-state index contributed by atoms with van der Waals surface area (Å²) in [5, 5.41) is 2.91. The van der Waals surface area contributed by atoms with E-state index < -0.39 is 9.84 Å². The fourth-order valence-corrected chi connectivity index (χ4v) is 4.97. The van der Waals surface area contributed by atoms with E-state index >= 15 is 0 Å². The first-order chi connectivity index (χ1) is 12.1. The van der Waals surface area contributed by atoms with Gasteiger partial charge in [0.1, 0.15) is 0 Å². The standard InChI is InChI=1S/C18H27N3O4S/c1-13-6-5-7-14(2)18(13)19-16(22)10-20(3)11-17(23)21(4)15-8-9-26(24,25)12-15/h5-7,15H,8-12H2,1-4H3,(H,19,22)/p+1/t15-/m1/s1. The van der Waals surface area contributed by atoms with Crippen LogP contribution in [0.4, 0.5) is 5.69 Å². The van der Waals surface area contributed by atoms with Crippen LogP contribution < -0.4 is 10.2 Å². The second-order valence-electron chi connectivity index (χ2n) is 7.19. The zero-order chi connectivity index (χ0) is 19.5. The quantitative estimate of drug-likeness (QED) is 0.688. The van der Waals surface area contributed by atoms with Crippen molar-refractivity contribution < 1.29 is 22.9 Å². The third-order valence-electron chi connectivity index (χ3n) is 4.81. The number of rotatable bonds is 6. The molecule has 144 valence electrons. The number of quaternary nitrogens is 1. The first-order valence-corrected chi connectivity index (χ1v) is 10.5. The molecule has 26 heavy (non-hydrogen) atoms. The number of nitrogens with zero attached hydrogens (tertiary/aromatic N) is 1. The summed E-state index contributed by atoms with van der Waals surface area (Å²) in [6.07, 6.45) is 0.483. The average molecular weight is 383 g/mol. The van der Waals surface area contributed by atoms with Gasteiger partial charge < -0.3 is 15.1 Å². The smallest absolute Gasteiger partial charge is 0.279 e. The van der Waals surface area contributed by atoms with Crippen LogP contribution in [0.2, 0.25) is 0 Å². The van der Waals surface area contributed by atoms with Crippen molar-refractivity contribution in [2.75, 3.05) is 44.0 Å². The first-order valence-electron chi connectivity index (χ1n) is 8.72. The molecule has 7 nitrogen and oxygen atoms in total. The number of carbonyl (C=O) groups excluding carboxylic acids is 2. The molecule has 1 fully saturated rings. The molecule has 1 aromatic rings. The van der Waals surface area contributed by atoms with E-state index in [-0.39, 0.29) is 42.5 Å². The molecule has 2 N–H and O–H groups in total. The van der Waals surface area contributed by atoms with Crippen molar-refractivity contribution in [2.45, 2.75) is 26.3 Å². The Hall–Kier alpha value is -1.93. The highest BCUT2D eigenvalue weighted by molar-refractivity contribution is 7.91. The lowest BCUT2D eigenvalue weighted by molar-refractivity contribution is -0.862. The lowest BCUT2D eigenvalue weighted by Gasteiger charge is -2.24. The van der Waals surface area contributed by atoms with Gasteiger partial charge in [-0.3, -0.25) is 9.59 Å². The Morgan fingerprint density at radius 3 is 2.38 bits per heavy atom. The number of sulfone groups is 1. The molecule has 0 bridgehead atoms. The molecule has 1 aliphatic rings. The van der Waals surface area contributed by atoms with E-state index in [1.807, 2.05) is 32.0 Å². The van der Waals surface area contributed by atoms with E-state index in [4.69, 9.17) is 0 Å². The monoisotopic (exact) mass is 382 g/mol. The summed E-state index contributed by atoms with van der Waals surface area (Å²) in [6, 6.07) is 5.56. The van der Waals surface area contributed by atoms with Crippen molar-refractivity contribution >= 4 is 27.3 Å². The van der Waals surface area contributed by atoms with Gasteiger partial charge in [-0.2, -0.15) is 0 Å². The first kappa shape index (κ1) is 20.4. The molecule has 0 spiro atoms. The molecule has 0 saturated carbocycles. The van der Waals surface area contributed by atoms with Gasteiger partial charge in [0.15, 0.2) is 22.9 Å². The summed E-state index contributed by atoms with van der Waals surface area (Å²) < 4.78 is 23.1. The SMILES string of the molecule is Cc1cccc(C)c1NC(=O)C[NH+](C)CC(=O)N(C)[C@@H]1CCS(=O)(=O)C1. The minimum absolute atomic E-state index is 0.0291. The van der Waals surface area contributed by atoms with Crippen LogP contribution in [-0.4, -0.2) is 69.9 Å². The number of benzene rings is 1. The minimum Gasteiger partial charge on any atom is -0.337 e. The highest BCUT2D eigenvalue weighted by Gasteiger charge is 2.33. The van der Waals surface area contributed by atoms with Gasteiger partial charge in [0.2, 0.25) is 0 Å². The van der Waals surface area contributed by atoms with Gasteiger partial charge >= 0.3 is 0 Å². The lowest BCUT2D eigenvalue weighted by atomic mass is 10.1. The third-order valence-corrected chi connectivity index (χ3v) is 6.56. The number of para-hydroxylation sites is 1. The van der Waals surface area contributed by atoms with Crippen LogP contribution in [0.3, 0.4) is 0 Å². The second-order valence-corrected chi connectivity index (χ2v) is 9.42. The van der Waals surface area contributed by atoms with E-state index in [2.05, 4.69) is 5.32 Å². The Bertz CT molecular complexity index is 771. The largest absolute Gasteiger partial charge is 0.337 e. The maximum Gasteiger partial charge on any atom is 0.279 e. The predicted octanol–water partition coefficient (Wildman–Crippen LogP) is -0.598. The van der Waals surface area contributed by atoms with E-state index in [1.165, 1.54) is 4.90 Å². The molecule has 1 saturated heterocycles. The van der Waals surface area contributed by atoms with Gasteiger partial charge in [0, 0.05) is 18.8 Å². The van der Waals surface area contributed by atoms with Crippen molar-refractivity contribution in [1.82, 2.24) is 4.90 Å².